The summed E-state index contributed by atoms with van der Waals surface area (Å²) < 4.78 is 0. The number of hydrogen-bond donors (Lipinski definition) is 1. The lowest BCUT2D eigenvalue weighted by Crippen LogP contribution is -2.14. The van der Waals surface area contributed by atoms with Gasteiger partial charge < -0.3 is 5.32 Å². The van der Waals surface area contributed by atoms with Gasteiger partial charge in [-0.1, -0.05) is 93.2 Å². The molecule has 190 valence electrons. The minimum Gasteiger partial charge on any atom is -0.325 e. The van der Waals surface area contributed by atoms with Crippen molar-refractivity contribution in [1.82, 2.24) is 4.98 Å². The van der Waals surface area contributed by atoms with Gasteiger partial charge in [-0.05, 0) is 28.7 Å². The Balaban J connectivity index is 1.67. The average Bonchev–Trinajstić information content (AvgIpc) is 2.91. The van der Waals surface area contributed by atoms with Gasteiger partial charge in [-0.25, -0.2) is 4.98 Å². The SMILES string of the molecule is CC(C)(C)c1ccc(-c2cc(-c3ccccc3)nc(SCC(=O)Nc3cccc([N+](=O)[O-])c3)c2C#N)cc1. The lowest BCUT2D eigenvalue weighted by atomic mass is 9.86. The highest BCUT2D eigenvalue weighted by molar-refractivity contribution is 8.00. The molecule has 8 heteroatoms. The van der Waals surface area contributed by atoms with Gasteiger partial charge in [-0.2, -0.15) is 5.26 Å². The largest absolute Gasteiger partial charge is 0.325 e. The summed E-state index contributed by atoms with van der Waals surface area (Å²) >= 11 is 1.16. The molecule has 0 aliphatic carbocycles. The molecule has 0 bridgehead atoms. The maximum Gasteiger partial charge on any atom is 0.271 e. The van der Waals surface area contributed by atoms with E-state index in [0.717, 1.165) is 28.5 Å². The molecule has 4 rings (SSSR count). The molecule has 0 saturated heterocycles. The van der Waals surface area contributed by atoms with Crippen molar-refractivity contribution in [2.45, 2.75) is 31.2 Å². The zero-order valence-electron chi connectivity index (χ0n) is 21.3. The summed E-state index contributed by atoms with van der Waals surface area (Å²) in [6.07, 6.45) is 0. The fourth-order valence-electron chi connectivity index (χ4n) is 3.90. The Morgan fingerprint density at radius 2 is 1.71 bits per heavy atom. The maximum atomic E-state index is 12.7. The third-order valence-electron chi connectivity index (χ3n) is 5.91. The second-order valence-electron chi connectivity index (χ2n) is 9.68. The van der Waals surface area contributed by atoms with Crippen LogP contribution >= 0.6 is 11.8 Å². The topological polar surface area (TPSA) is 109 Å². The lowest BCUT2D eigenvalue weighted by Gasteiger charge is -2.19. The van der Waals surface area contributed by atoms with Crippen LogP contribution in [-0.2, 0) is 10.2 Å². The van der Waals surface area contributed by atoms with Crippen molar-refractivity contribution < 1.29 is 9.72 Å². The average molecular weight is 523 g/mol. The van der Waals surface area contributed by atoms with Crippen LogP contribution in [0.15, 0.2) is 90.0 Å². The number of nitro groups is 1. The molecule has 1 aromatic heterocycles. The van der Waals surface area contributed by atoms with Gasteiger partial charge in [-0.15, -0.1) is 0 Å². The molecule has 1 amide bonds. The summed E-state index contributed by atoms with van der Waals surface area (Å²) in [6.45, 7) is 6.45. The normalized spacial score (nSPS) is 11.0. The summed E-state index contributed by atoms with van der Waals surface area (Å²) in [5.41, 5.74) is 5.01. The van der Waals surface area contributed by atoms with Crippen LogP contribution in [-0.4, -0.2) is 21.6 Å². The van der Waals surface area contributed by atoms with Crippen LogP contribution in [0.25, 0.3) is 22.4 Å². The number of carbonyl (C=O) groups is 1. The highest BCUT2D eigenvalue weighted by Crippen LogP contribution is 2.35. The molecule has 1 heterocycles. The first-order valence-corrected chi connectivity index (χ1v) is 12.9. The molecule has 0 unspecified atom stereocenters. The second-order valence-corrected chi connectivity index (χ2v) is 10.6. The monoisotopic (exact) mass is 522 g/mol. The molecule has 0 spiro atoms. The number of rotatable bonds is 7. The van der Waals surface area contributed by atoms with Gasteiger partial charge >= 0.3 is 0 Å². The molecular weight excluding hydrogens is 496 g/mol. The summed E-state index contributed by atoms with van der Waals surface area (Å²) in [7, 11) is 0. The number of benzene rings is 3. The Labute approximate surface area is 225 Å². The van der Waals surface area contributed by atoms with E-state index in [4.69, 9.17) is 4.98 Å². The number of pyridine rings is 1. The molecule has 0 radical (unpaired) electrons. The van der Waals surface area contributed by atoms with Crippen molar-refractivity contribution in [2.75, 3.05) is 11.1 Å². The van der Waals surface area contributed by atoms with Crippen LogP contribution < -0.4 is 5.32 Å². The molecule has 38 heavy (non-hydrogen) atoms. The summed E-state index contributed by atoms with van der Waals surface area (Å²) in [6, 6.07) is 27.8. The number of aromatic nitrogens is 1. The number of thioether (sulfide) groups is 1. The van der Waals surface area contributed by atoms with Crippen molar-refractivity contribution in [3.63, 3.8) is 0 Å². The van der Waals surface area contributed by atoms with Crippen LogP contribution in [0.2, 0.25) is 0 Å². The number of hydrogen-bond acceptors (Lipinski definition) is 6. The number of anilines is 1. The van der Waals surface area contributed by atoms with Gasteiger partial charge in [0.15, 0.2) is 0 Å². The molecule has 0 fully saturated rings. The van der Waals surface area contributed by atoms with Crippen molar-refractivity contribution >= 4 is 29.0 Å². The molecule has 1 N–H and O–H groups in total. The molecule has 0 aliphatic heterocycles. The first-order valence-electron chi connectivity index (χ1n) is 11.9. The van der Waals surface area contributed by atoms with Crippen molar-refractivity contribution in [1.29, 1.82) is 5.26 Å². The van der Waals surface area contributed by atoms with E-state index in [9.17, 15) is 20.2 Å². The zero-order chi connectivity index (χ0) is 27.3. The van der Waals surface area contributed by atoms with Crippen LogP contribution in [0.5, 0.6) is 0 Å². The van der Waals surface area contributed by atoms with Crippen molar-refractivity contribution in [3.8, 4) is 28.5 Å². The Bertz CT molecular complexity index is 1520. The Hall–Kier alpha value is -4.48. The van der Waals surface area contributed by atoms with Gasteiger partial charge in [0.25, 0.3) is 5.69 Å². The van der Waals surface area contributed by atoms with E-state index in [-0.39, 0.29) is 22.8 Å². The van der Waals surface area contributed by atoms with E-state index < -0.39 is 4.92 Å². The van der Waals surface area contributed by atoms with Crippen molar-refractivity contribution in [3.05, 3.63) is 106 Å². The van der Waals surface area contributed by atoms with E-state index in [1.54, 1.807) is 6.07 Å². The molecule has 3 aromatic carbocycles. The highest BCUT2D eigenvalue weighted by Gasteiger charge is 2.19. The zero-order valence-corrected chi connectivity index (χ0v) is 22.1. The number of amides is 1. The number of nitrogens with zero attached hydrogens (tertiary/aromatic N) is 3. The summed E-state index contributed by atoms with van der Waals surface area (Å²) in [5, 5.41) is 24.3. The molecule has 0 atom stereocenters. The van der Waals surface area contributed by atoms with Crippen LogP contribution in [0.3, 0.4) is 0 Å². The standard InChI is InChI=1S/C30H26N4O3S/c1-30(2,3)22-14-12-20(13-15-22)25-17-27(21-8-5-4-6-9-21)33-29(26(25)18-31)38-19-28(35)32-23-10-7-11-24(16-23)34(36)37/h4-17H,19H2,1-3H3,(H,32,35). The summed E-state index contributed by atoms with van der Waals surface area (Å²) in [5.74, 6) is -0.382. The number of nitriles is 1. The predicted molar refractivity (Wildman–Crippen MR) is 151 cm³/mol. The fourth-order valence-corrected chi connectivity index (χ4v) is 4.70. The summed E-state index contributed by atoms with van der Waals surface area (Å²) in [4.78, 5) is 28.0. The van der Waals surface area contributed by atoms with Gasteiger partial charge in [0.05, 0.1) is 21.9 Å². The van der Waals surface area contributed by atoms with E-state index in [1.165, 1.54) is 23.8 Å². The van der Waals surface area contributed by atoms with E-state index in [2.05, 4.69) is 44.3 Å². The van der Waals surface area contributed by atoms with Crippen LogP contribution in [0, 0.1) is 21.4 Å². The fraction of sp³-hybridized carbons (Fsp3) is 0.167. The quantitative estimate of drug-likeness (QED) is 0.156. The molecule has 7 nitrogen and oxygen atoms in total. The van der Waals surface area contributed by atoms with Gasteiger partial charge in [0.2, 0.25) is 5.91 Å². The van der Waals surface area contributed by atoms with E-state index in [0.29, 0.717) is 22.0 Å². The van der Waals surface area contributed by atoms with Gasteiger partial charge in [0, 0.05) is 28.9 Å². The smallest absolute Gasteiger partial charge is 0.271 e. The van der Waals surface area contributed by atoms with Crippen LogP contribution in [0.4, 0.5) is 11.4 Å². The minimum atomic E-state index is -0.516. The van der Waals surface area contributed by atoms with E-state index in [1.807, 2.05) is 48.5 Å². The number of non-ortho nitro benzene ring substituents is 1. The Morgan fingerprint density at radius 3 is 2.34 bits per heavy atom. The van der Waals surface area contributed by atoms with Gasteiger partial charge in [0.1, 0.15) is 11.1 Å². The molecular formula is C30H26N4O3S. The first kappa shape index (κ1) is 26.6. The first-order chi connectivity index (χ1) is 18.2. The third kappa shape index (κ3) is 6.25. The van der Waals surface area contributed by atoms with Crippen molar-refractivity contribution in [2.24, 2.45) is 0 Å². The van der Waals surface area contributed by atoms with Gasteiger partial charge in [-0.3, -0.25) is 14.9 Å². The molecule has 0 saturated carbocycles. The Morgan fingerprint density at radius 1 is 1.00 bits per heavy atom. The minimum absolute atomic E-state index is 0.00239. The Kier molecular flexibility index (Phi) is 7.89. The maximum absolute atomic E-state index is 12.7. The number of nitrogens with one attached hydrogen (secondary N) is 1. The van der Waals surface area contributed by atoms with E-state index >= 15 is 0 Å². The molecule has 4 aromatic rings. The predicted octanol–water partition coefficient (Wildman–Crippen LogP) is 7.22. The lowest BCUT2D eigenvalue weighted by molar-refractivity contribution is -0.384. The molecule has 0 aliphatic rings. The second kappa shape index (κ2) is 11.3. The number of nitro benzene ring substituents is 1. The highest BCUT2D eigenvalue weighted by atomic mass is 32.2. The van der Waals surface area contributed by atoms with Crippen LogP contribution in [0.1, 0.15) is 31.9 Å². The number of carbonyl (C=O) groups excluding carboxylic acids is 1. The third-order valence-corrected chi connectivity index (χ3v) is 6.89.